The van der Waals surface area contributed by atoms with Gasteiger partial charge in [-0.05, 0) is 67.6 Å². The Balaban J connectivity index is 1.74. The molecule has 3 rings (SSSR count). The van der Waals surface area contributed by atoms with Crippen LogP contribution in [-0.4, -0.2) is 50.0 Å². The Kier molecular flexibility index (Phi) is 10.0. The first-order valence-corrected chi connectivity index (χ1v) is 14.5. The Morgan fingerprint density at radius 2 is 1.57 bits per heavy atom. The third kappa shape index (κ3) is 8.24. The fraction of sp³-hybridized carbons (Fsp3) is 0.481. The van der Waals surface area contributed by atoms with Gasteiger partial charge in [0.25, 0.3) is 0 Å². The molecule has 37 heavy (non-hydrogen) atoms. The van der Waals surface area contributed by atoms with Crippen LogP contribution in [0.5, 0.6) is 0 Å². The van der Waals surface area contributed by atoms with Crippen molar-refractivity contribution < 1.29 is 26.8 Å². The van der Waals surface area contributed by atoms with Gasteiger partial charge in [0, 0.05) is 25.6 Å². The van der Waals surface area contributed by atoms with Gasteiger partial charge in [0.15, 0.2) is 0 Å². The molecule has 1 unspecified atom stereocenters. The van der Waals surface area contributed by atoms with Crippen molar-refractivity contribution in [3.05, 3.63) is 65.7 Å². The number of hydrogen-bond donors (Lipinski definition) is 1. The largest absolute Gasteiger partial charge is 0.352 e. The summed E-state index contributed by atoms with van der Waals surface area (Å²) in [4.78, 5) is 28.1. The summed E-state index contributed by atoms with van der Waals surface area (Å²) in [5.74, 6) is -1.39. The van der Waals surface area contributed by atoms with Gasteiger partial charge >= 0.3 is 0 Å². The van der Waals surface area contributed by atoms with Gasteiger partial charge < -0.3 is 10.2 Å². The van der Waals surface area contributed by atoms with Crippen molar-refractivity contribution in [3.63, 3.8) is 0 Å². The molecule has 2 aromatic rings. The number of carbonyl (C=O) groups is 2. The standard InChI is InChI=1S/C27H35F2N3O4S/c1-3-25(27(34)30-23-7-4-5-8-23)31(19-20-10-12-21(28)13-11-20)26(33)9-6-18-32(37(2,35)36)24-16-14-22(29)15-17-24/h10-17,23,25H,3-9,18-19H2,1-2H3,(H,30,34). The molecule has 1 atom stereocenters. The van der Waals surface area contributed by atoms with Crippen molar-refractivity contribution in [1.82, 2.24) is 10.2 Å². The number of sulfonamides is 1. The number of rotatable bonds is 12. The second-order valence-corrected chi connectivity index (χ2v) is 11.4. The summed E-state index contributed by atoms with van der Waals surface area (Å²) >= 11 is 0. The topological polar surface area (TPSA) is 86.8 Å². The third-order valence-corrected chi connectivity index (χ3v) is 7.81. The summed E-state index contributed by atoms with van der Waals surface area (Å²) in [7, 11) is -3.66. The third-order valence-electron chi connectivity index (χ3n) is 6.62. The number of benzene rings is 2. The highest BCUT2D eigenvalue weighted by molar-refractivity contribution is 7.92. The van der Waals surface area contributed by atoms with Crippen LogP contribution in [0.2, 0.25) is 0 Å². The van der Waals surface area contributed by atoms with Gasteiger partial charge in [-0.1, -0.05) is 31.9 Å². The fourth-order valence-electron chi connectivity index (χ4n) is 4.68. The summed E-state index contributed by atoms with van der Waals surface area (Å²) in [5, 5.41) is 3.07. The van der Waals surface area contributed by atoms with Crippen LogP contribution >= 0.6 is 0 Å². The Morgan fingerprint density at radius 1 is 1.00 bits per heavy atom. The van der Waals surface area contributed by atoms with E-state index in [9.17, 15) is 26.8 Å². The van der Waals surface area contributed by atoms with Gasteiger partial charge in [-0.2, -0.15) is 0 Å². The van der Waals surface area contributed by atoms with E-state index in [1.807, 2.05) is 6.92 Å². The van der Waals surface area contributed by atoms with Gasteiger partial charge in [0.05, 0.1) is 11.9 Å². The molecule has 2 aromatic carbocycles. The summed E-state index contributed by atoms with van der Waals surface area (Å²) < 4.78 is 52.6. The van der Waals surface area contributed by atoms with E-state index in [2.05, 4.69) is 5.32 Å². The highest BCUT2D eigenvalue weighted by Crippen LogP contribution is 2.21. The zero-order valence-electron chi connectivity index (χ0n) is 21.3. The van der Waals surface area contributed by atoms with Crippen LogP contribution in [0, 0.1) is 11.6 Å². The molecule has 0 heterocycles. The van der Waals surface area contributed by atoms with Gasteiger partial charge in [-0.15, -0.1) is 0 Å². The number of halogens is 2. The fourth-order valence-corrected chi connectivity index (χ4v) is 5.65. The van der Waals surface area contributed by atoms with Crippen molar-refractivity contribution in [1.29, 1.82) is 0 Å². The van der Waals surface area contributed by atoms with Crippen molar-refractivity contribution >= 4 is 27.5 Å². The van der Waals surface area contributed by atoms with Crippen molar-refractivity contribution in [3.8, 4) is 0 Å². The maximum atomic E-state index is 13.4. The van der Waals surface area contributed by atoms with Crippen LogP contribution in [0.15, 0.2) is 48.5 Å². The van der Waals surface area contributed by atoms with Gasteiger partial charge in [0.1, 0.15) is 17.7 Å². The van der Waals surface area contributed by atoms with E-state index >= 15 is 0 Å². The Bertz CT molecular complexity index is 1150. The average Bonchev–Trinajstić information content (AvgIpc) is 3.36. The van der Waals surface area contributed by atoms with E-state index in [0.29, 0.717) is 17.7 Å². The molecule has 7 nitrogen and oxygen atoms in total. The Morgan fingerprint density at radius 3 is 2.11 bits per heavy atom. The maximum Gasteiger partial charge on any atom is 0.243 e. The van der Waals surface area contributed by atoms with Crippen LogP contribution < -0.4 is 9.62 Å². The second-order valence-electron chi connectivity index (χ2n) is 9.48. The summed E-state index contributed by atoms with van der Waals surface area (Å²) in [6, 6.07) is 10.3. The Labute approximate surface area is 217 Å². The monoisotopic (exact) mass is 535 g/mol. The van der Waals surface area contributed by atoms with Crippen LogP contribution in [0.1, 0.15) is 57.4 Å². The first-order chi connectivity index (χ1) is 17.6. The van der Waals surface area contributed by atoms with E-state index in [-0.39, 0.29) is 43.8 Å². The van der Waals surface area contributed by atoms with Crippen molar-refractivity contribution in [2.75, 3.05) is 17.1 Å². The van der Waals surface area contributed by atoms with E-state index in [4.69, 9.17) is 0 Å². The smallest absolute Gasteiger partial charge is 0.243 e. The molecule has 0 spiro atoms. The van der Waals surface area contributed by atoms with E-state index in [1.54, 1.807) is 12.1 Å². The lowest BCUT2D eigenvalue weighted by atomic mass is 10.1. The average molecular weight is 536 g/mol. The number of amides is 2. The van der Waals surface area contributed by atoms with E-state index in [0.717, 1.165) is 36.2 Å². The number of carbonyl (C=O) groups excluding carboxylic acids is 2. The molecule has 2 amide bonds. The minimum atomic E-state index is -3.66. The summed E-state index contributed by atoms with van der Waals surface area (Å²) in [6.07, 6.45) is 5.61. The highest BCUT2D eigenvalue weighted by atomic mass is 32.2. The number of nitrogens with zero attached hydrogens (tertiary/aromatic N) is 2. The molecule has 0 aromatic heterocycles. The normalized spacial score (nSPS) is 14.8. The van der Waals surface area contributed by atoms with Crippen LogP contribution in [0.3, 0.4) is 0 Å². The SMILES string of the molecule is CCC(C(=O)NC1CCCC1)N(Cc1ccc(F)cc1)C(=O)CCCN(c1ccc(F)cc1)S(C)(=O)=O. The minimum Gasteiger partial charge on any atom is -0.352 e. The molecule has 1 aliphatic carbocycles. The first-order valence-electron chi connectivity index (χ1n) is 12.7. The Hall–Kier alpha value is -3.01. The zero-order valence-corrected chi connectivity index (χ0v) is 22.1. The molecular formula is C27H35F2N3O4S. The lowest BCUT2D eigenvalue weighted by Crippen LogP contribution is -2.51. The summed E-state index contributed by atoms with van der Waals surface area (Å²) in [5.41, 5.74) is 0.993. The molecule has 1 saturated carbocycles. The maximum absolute atomic E-state index is 13.4. The second kappa shape index (κ2) is 13.0. The summed E-state index contributed by atoms with van der Waals surface area (Å²) in [6.45, 7) is 1.98. The van der Waals surface area contributed by atoms with Crippen molar-refractivity contribution in [2.45, 2.75) is 70.5 Å². The van der Waals surface area contributed by atoms with Crippen LogP contribution in [0.4, 0.5) is 14.5 Å². The molecule has 1 N–H and O–H groups in total. The quantitative estimate of drug-likeness (QED) is 0.437. The van der Waals surface area contributed by atoms with Gasteiger partial charge in [-0.3, -0.25) is 13.9 Å². The van der Waals surface area contributed by atoms with Crippen LogP contribution in [-0.2, 0) is 26.2 Å². The highest BCUT2D eigenvalue weighted by Gasteiger charge is 2.30. The van der Waals surface area contributed by atoms with Crippen LogP contribution in [0.25, 0.3) is 0 Å². The molecule has 0 saturated heterocycles. The molecular weight excluding hydrogens is 500 g/mol. The molecule has 1 fully saturated rings. The van der Waals surface area contributed by atoms with Crippen molar-refractivity contribution in [2.24, 2.45) is 0 Å². The lowest BCUT2D eigenvalue weighted by molar-refractivity contribution is -0.141. The number of hydrogen-bond acceptors (Lipinski definition) is 4. The molecule has 0 bridgehead atoms. The molecule has 0 aliphatic heterocycles. The lowest BCUT2D eigenvalue weighted by Gasteiger charge is -2.32. The molecule has 202 valence electrons. The molecule has 0 radical (unpaired) electrons. The van der Waals surface area contributed by atoms with E-state index < -0.39 is 27.7 Å². The number of anilines is 1. The zero-order chi connectivity index (χ0) is 27.0. The predicted molar refractivity (Wildman–Crippen MR) is 139 cm³/mol. The molecule has 1 aliphatic rings. The minimum absolute atomic E-state index is 0.00161. The van der Waals surface area contributed by atoms with E-state index in [1.165, 1.54) is 41.3 Å². The van der Waals surface area contributed by atoms with Gasteiger partial charge in [0.2, 0.25) is 21.8 Å². The van der Waals surface area contributed by atoms with Gasteiger partial charge in [-0.25, -0.2) is 17.2 Å². The predicted octanol–water partition coefficient (Wildman–Crippen LogP) is 4.38. The molecule has 10 heteroatoms. The number of nitrogens with one attached hydrogen (secondary N) is 1. The first kappa shape index (κ1) is 28.6.